The van der Waals surface area contributed by atoms with Crippen LogP contribution in [0.25, 0.3) is 0 Å². The topological polar surface area (TPSA) is 51.4 Å². The molecule has 1 aliphatic heterocycles. The van der Waals surface area contributed by atoms with Crippen molar-refractivity contribution in [3.63, 3.8) is 0 Å². The van der Waals surface area contributed by atoms with E-state index in [4.69, 9.17) is 10.5 Å². The van der Waals surface area contributed by atoms with E-state index in [0.29, 0.717) is 6.10 Å². The van der Waals surface area contributed by atoms with Crippen molar-refractivity contribution in [1.29, 1.82) is 0 Å². The highest BCUT2D eigenvalue weighted by Gasteiger charge is 2.20. The highest BCUT2D eigenvalue weighted by molar-refractivity contribution is 5.45. The minimum Gasteiger partial charge on any atom is -0.376 e. The molecule has 4 heteroatoms. The first-order valence-corrected chi connectivity index (χ1v) is 7.82. The second-order valence-electron chi connectivity index (χ2n) is 5.54. The zero-order valence-electron chi connectivity index (χ0n) is 12.7. The Labute approximate surface area is 122 Å². The molecule has 20 heavy (non-hydrogen) atoms. The van der Waals surface area contributed by atoms with Gasteiger partial charge in [-0.15, -0.1) is 0 Å². The van der Waals surface area contributed by atoms with E-state index in [9.17, 15) is 0 Å². The van der Waals surface area contributed by atoms with E-state index in [2.05, 4.69) is 35.9 Å². The van der Waals surface area contributed by atoms with Crippen molar-refractivity contribution in [2.45, 2.75) is 51.7 Å². The molecule has 1 aromatic heterocycles. The third kappa shape index (κ3) is 3.93. The van der Waals surface area contributed by atoms with Crippen molar-refractivity contribution in [3.05, 3.63) is 24.0 Å². The molecule has 0 radical (unpaired) electrons. The maximum absolute atomic E-state index is 6.00. The average Bonchev–Trinajstić information content (AvgIpc) is 2.52. The number of ether oxygens (including phenoxy) is 1. The minimum atomic E-state index is 0.0473. The number of pyridine rings is 1. The zero-order chi connectivity index (χ0) is 14.4. The van der Waals surface area contributed by atoms with E-state index < -0.39 is 0 Å². The van der Waals surface area contributed by atoms with Crippen molar-refractivity contribution < 1.29 is 4.74 Å². The summed E-state index contributed by atoms with van der Waals surface area (Å²) in [5.41, 5.74) is 8.16. The van der Waals surface area contributed by atoms with Crippen LogP contribution in [0.2, 0.25) is 0 Å². The highest BCUT2D eigenvalue weighted by Crippen LogP contribution is 2.22. The van der Waals surface area contributed by atoms with Gasteiger partial charge in [0, 0.05) is 25.7 Å². The third-order valence-corrected chi connectivity index (χ3v) is 3.89. The van der Waals surface area contributed by atoms with Gasteiger partial charge < -0.3 is 15.4 Å². The molecule has 0 saturated carbocycles. The van der Waals surface area contributed by atoms with E-state index in [1.54, 1.807) is 0 Å². The van der Waals surface area contributed by atoms with E-state index in [0.717, 1.165) is 38.2 Å². The molecule has 1 saturated heterocycles. The van der Waals surface area contributed by atoms with Crippen LogP contribution in [0.15, 0.2) is 18.3 Å². The fourth-order valence-corrected chi connectivity index (χ4v) is 2.61. The number of anilines is 1. The summed E-state index contributed by atoms with van der Waals surface area (Å²) in [6, 6.07) is 4.24. The molecule has 0 aromatic carbocycles. The minimum absolute atomic E-state index is 0.0473. The van der Waals surface area contributed by atoms with Gasteiger partial charge >= 0.3 is 0 Å². The largest absolute Gasteiger partial charge is 0.376 e. The maximum atomic E-state index is 6.00. The lowest BCUT2D eigenvalue weighted by Crippen LogP contribution is -2.39. The molecule has 1 fully saturated rings. The predicted molar refractivity (Wildman–Crippen MR) is 82.9 cm³/mol. The van der Waals surface area contributed by atoms with Gasteiger partial charge in [-0.2, -0.15) is 0 Å². The van der Waals surface area contributed by atoms with E-state index in [-0.39, 0.29) is 6.04 Å². The number of nitrogens with two attached hydrogens (primary N) is 1. The Morgan fingerprint density at radius 2 is 2.30 bits per heavy atom. The predicted octanol–water partition coefficient (Wildman–Crippen LogP) is 2.89. The molecule has 2 rings (SSSR count). The van der Waals surface area contributed by atoms with Crippen LogP contribution in [0.3, 0.4) is 0 Å². The molecule has 2 atom stereocenters. The van der Waals surface area contributed by atoms with Crippen LogP contribution in [0, 0.1) is 0 Å². The number of nitrogens with zero attached hydrogens (tertiary/aromatic N) is 2. The summed E-state index contributed by atoms with van der Waals surface area (Å²) in [6.45, 7) is 7.16. The lowest BCUT2D eigenvalue weighted by Gasteiger charge is -2.34. The zero-order valence-corrected chi connectivity index (χ0v) is 12.7. The maximum Gasteiger partial charge on any atom is 0.0750 e. The van der Waals surface area contributed by atoms with Gasteiger partial charge in [0.1, 0.15) is 0 Å². The van der Waals surface area contributed by atoms with Gasteiger partial charge in [-0.05, 0) is 37.8 Å². The van der Waals surface area contributed by atoms with Crippen LogP contribution in [-0.4, -0.2) is 30.8 Å². The van der Waals surface area contributed by atoms with Crippen molar-refractivity contribution in [2.75, 3.05) is 24.6 Å². The summed E-state index contributed by atoms with van der Waals surface area (Å²) in [6.07, 6.45) is 6.67. The molecular formula is C16H27N3O. The summed E-state index contributed by atoms with van der Waals surface area (Å²) in [4.78, 5) is 6.88. The smallest absolute Gasteiger partial charge is 0.0750 e. The molecule has 0 bridgehead atoms. The lowest BCUT2D eigenvalue weighted by atomic mass is 10.1. The van der Waals surface area contributed by atoms with Crippen molar-refractivity contribution in [2.24, 2.45) is 5.73 Å². The van der Waals surface area contributed by atoms with Crippen LogP contribution in [0.1, 0.15) is 51.3 Å². The van der Waals surface area contributed by atoms with Crippen LogP contribution < -0.4 is 10.6 Å². The van der Waals surface area contributed by atoms with Gasteiger partial charge in [0.05, 0.1) is 23.7 Å². The molecule has 0 spiro atoms. The quantitative estimate of drug-likeness (QED) is 0.868. The molecule has 1 aliphatic rings. The standard InChI is InChI=1S/C16H27N3O/c1-3-10-20-14-6-5-9-19(12-14)13-7-8-16(18-11-13)15(17)4-2/h7-8,11,14-15H,3-6,9-10,12,17H2,1-2H3/t14?,15-/m1/s1. The van der Waals surface area contributed by atoms with E-state index in [1.807, 2.05) is 6.20 Å². The second-order valence-corrected chi connectivity index (χ2v) is 5.54. The van der Waals surface area contributed by atoms with Gasteiger partial charge in [0.25, 0.3) is 0 Å². The van der Waals surface area contributed by atoms with Gasteiger partial charge in [-0.1, -0.05) is 13.8 Å². The van der Waals surface area contributed by atoms with E-state index >= 15 is 0 Å². The van der Waals surface area contributed by atoms with Crippen molar-refractivity contribution in [1.82, 2.24) is 4.98 Å². The summed E-state index contributed by atoms with van der Waals surface area (Å²) in [7, 11) is 0. The Hall–Kier alpha value is -1.13. The molecular weight excluding hydrogens is 250 g/mol. The average molecular weight is 277 g/mol. The number of piperidine rings is 1. The number of hydrogen-bond acceptors (Lipinski definition) is 4. The highest BCUT2D eigenvalue weighted by atomic mass is 16.5. The molecule has 0 aliphatic carbocycles. The molecule has 0 amide bonds. The molecule has 2 N–H and O–H groups in total. The van der Waals surface area contributed by atoms with Crippen LogP contribution in [0.4, 0.5) is 5.69 Å². The summed E-state index contributed by atoms with van der Waals surface area (Å²) < 4.78 is 5.88. The fraction of sp³-hybridized carbons (Fsp3) is 0.688. The van der Waals surface area contributed by atoms with Gasteiger partial charge in [-0.25, -0.2) is 0 Å². The molecule has 1 aromatic rings. The Morgan fingerprint density at radius 3 is 2.95 bits per heavy atom. The monoisotopic (exact) mass is 277 g/mol. The SMILES string of the molecule is CCCOC1CCCN(c2ccc([C@H](N)CC)nc2)C1. The summed E-state index contributed by atoms with van der Waals surface area (Å²) >= 11 is 0. The van der Waals surface area contributed by atoms with Crippen LogP contribution in [0.5, 0.6) is 0 Å². The normalized spacial score (nSPS) is 20.9. The van der Waals surface area contributed by atoms with Gasteiger partial charge in [0.2, 0.25) is 0 Å². The van der Waals surface area contributed by atoms with Crippen LogP contribution >= 0.6 is 0 Å². The molecule has 4 nitrogen and oxygen atoms in total. The summed E-state index contributed by atoms with van der Waals surface area (Å²) in [5.74, 6) is 0. The van der Waals surface area contributed by atoms with E-state index in [1.165, 1.54) is 18.5 Å². The first-order chi connectivity index (χ1) is 9.74. The van der Waals surface area contributed by atoms with Gasteiger partial charge in [0.15, 0.2) is 0 Å². The first-order valence-electron chi connectivity index (χ1n) is 7.82. The second kappa shape index (κ2) is 7.60. The van der Waals surface area contributed by atoms with Crippen molar-refractivity contribution in [3.8, 4) is 0 Å². The van der Waals surface area contributed by atoms with Crippen LogP contribution in [-0.2, 0) is 4.74 Å². The Balaban J connectivity index is 1.96. The lowest BCUT2D eigenvalue weighted by molar-refractivity contribution is 0.0440. The number of rotatable bonds is 6. The van der Waals surface area contributed by atoms with Gasteiger partial charge in [-0.3, -0.25) is 4.98 Å². The Bertz CT molecular complexity index is 393. The molecule has 1 unspecified atom stereocenters. The summed E-state index contributed by atoms with van der Waals surface area (Å²) in [5, 5.41) is 0. The Kier molecular flexibility index (Phi) is 5.80. The number of aromatic nitrogens is 1. The molecule has 112 valence electrons. The number of hydrogen-bond donors (Lipinski definition) is 1. The Morgan fingerprint density at radius 1 is 1.45 bits per heavy atom. The molecule has 2 heterocycles. The van der Waals surface area contributed by atoms with Crippen molar-refractivity contribution >= 4 is 5.69 Å². The fourth-order valence-electron chi connectivity index (χ4n) is 2.61. The third-order valence-electron chi connectivity index (χ3n) is 3.89. The first kappa shape index (κ1) is 15.3.